The number of nitrogens with zero attached hydrogens (tertiary/aromatic N) is 2. The summed E-state index contributed by atoms with van der Waals surface area (Å²) >= 11 is 0. The zero-order valence-corrected chi connectivity index (χ0v) is 31.4. The Bertz CT molecular complexity index is 2310. The van der Waals surface area contributed by atoms with Gasteiger partial charge < -0.3 is 5.11 Å². The third-order valence-corrected chi connectivity index (χ3v) is 10.7. The Morgan fingerprint density at radius 3 is 1.50 bits per heavy atom. The van der Waals surface area contributed by atoms with E-state index in [0.29, 0.717) is 5.56 Å². The fraction of sp³-hybridized carbons (Fsp3) is 0.271. The van der Waals surface area contributed by atoms with Crippen LogP contribution in [0.5, 0.6) is 0 Å². The molecule has 0 unspecified atom stereocenters. The highest BCUT2D eigenvalue weighted by atomic mass is 19.1. The summed E-state index contributed by atoms with van der Waals surface area (Å²) < 4.78 is 27.1. The Kier molecular flexibility index (Phi) is 10.9. The fourth-order valence-corrected chi connectivity index (χ4v) is 8.21. The number of carbonyl (C=O) groups is 1. The maximum atomic E-state index is 13.6. The number of aliphatic hydroxyl groups excluding tert-OH is 1. The summed E-state index contributed by atoms with van der Waals surface area (Å²) in [6.07, 6.45) is 6.77. The Balaban J connectivity index is 0.000000167. The third kappa shape index (κ3) is 7.15. The van der Waals surface area contributed by atoms with Crippen molar-refractivity contribution in [2.24, 2.45) is 0 Å². The zero-order chi connectivity index (χ0) is 37.9. The van der Waals surface area contributed by atoms with Gasteiger partial charge in [0.05, 0.1) is 12.3 Å². The van der Waals surface area contributed by atoms with Crippen LogP contribution in [0, 0.1) is 11.6 Å². The Morgan fingerprint density at radius 2 is 1.04 bits per heavy atom. The normalized spacial score (nSPS) is 13.1. The van der Waals surface area contributed by atoms with E-state index >= 15 is 0 Å². The molecule has 2 aromatic heterocycles. The first kappa shape index (κ1) is 37.0. The van der Waals surface area contributed by atoms with E-state index in [-0.39, 0.29) is 30.1 Å². The van der Waals surface area contributed by atoms with E-state index in [1.165, 1.54) is 41.0 Å². The van der Waals surface area contributed by atoms with Crippen LogP contribution in [0.2, 0.25) is 0 Å². The van der Waals surface area contributed by atoms with Crippen molar-refractivity contribution in [3.63, 3.8) is 0 Å². The molecule has 2 aliphatic rings. The molecule has 0 atom stereocenters. The number of aromatic nitrogens is 2. The maximum absolute atomic E-state index is 13.6. The molecular weight excluding hydrogens is 675 g/mol. The number of aliphatic hydroxyl groups is 1. The second-order valence-corrected chi connectivity index (χ2v) is 14.9. The van der Waals surface area contributed by atoms with Gasteiger partial charge in [-0.05, 0) is 114 Å². The number of rotatable bonds is 6. The smallest absolute Gasteiger partial charge is 0.152 e. The lowest BCUT2D eigenvalue weighted by Crippen LogP contribution is -2.09. The van der Waals surface area contributed by atoms with Crippen molar-refractivity contribution in [1.82, 2.24) is 9.97 Å². The lowest BCUT2D eigenvalue weighted by Gasteiger charge is -2.22. The van der Waals surface area contributed by atoms with E-state index in [9.17, 15) is 18.7 Å². The number of benzene rings is 4. The monoisotopic (exact) mass is 720 g/mol. The minimum absolute atomic E-state index is 0.0807. The third-order valence-electron chi connectivity index (χ3n) is 10.7. The number of pyridine rings is 2. The Labute approximate surface area is 317 Å². The second-order valence-electron chi connectivity index (χ2n) is 14.9. The summed E-state index contributed by atoms with van der Waals surface area (Å²) in [5.41, 5.74) is 16.0. The molecule has 1 N–H and O–H groups in total. The highest BCUT2D eigenvalue weighted by Crippen LogP contribution is 2.44. The topological polar surface area (TPSA) is 63.1 Å². The molecule has 0 saturated carbocycles. The zero-order valence-electron chi connectivity index (χ0n) is 31.4. The van der Waals surface area contributed by atoms with Gasteiger partial charge >= 0.3 is 0 Å². The maximum Gasteiger partial charge on any atom is 0.152 e. The van der Waals surface area contributed by atoms with E-state index in [0.717, 1.165) is 112 Å². The molecule has 0 bridgehead atoms. The minimum atomic E-state index is -0.281. The van der Waals surface area contributed by atoms with E-state index in [2.05, 4.69) is 70.2 Å². The summed E-state index contributed by atoms with van der Waals surface area (Å²) in [4.78, 5) is 22.1. The van der Waals surface area contributed by atoms with Crippen molar-refractivity contribution in [3.8, 4) is 44.5 Å². The molecule has 4 aromatic carbocycles. The molecular formula is C48H46F2N2O2. The number of fused-ring (bicyclic) bond motifs is 6. The predicted molar refractivity (Wildman–Crippen MR) is 214 cm³/mol. The van der Waals surface area contributed by atoms with Gasteiger partial charge in [-0.1, -0.05) is 100 Å². The summed E-state index contributed by atoms with van der Waals surface area (Å²) in [7, 11) is 0. The van der Waals surface area contributed by atoms with E-state index < -0.39 is 0 Å². The first-order valence-corrected chi connectivity index (χ1v) is 19.1. The summed E-state index contributed by atoms with van der Waals surface area (Å²) in [6, 6.07) is 29.8. The van der Waals surface area contributed by atoms with Crippen LogP contribution >= 0.6 is 0 Å². The van der Waals surface area contributed by atoms with Gasteiger partial charge in [0.15, 0.2) is 6.29 Å². The number of aryl methyl sites for hydroxylation is 4. The van der Waals surface area contributed by atoms with Crippen molar-refractivity contribution in [2.75, 3.05) is 0 Å². The lowest BCUT2D eigenvalue weighted by molar-refractivity contribution is 0.112. The van der Waals surface area contributed by atoms with Gasteiger partial charge in [-0.25, -0.2) is 8.78 Å². The average Bonchev–Trinajstić information content (AvgIpc) is 3.49. The van der Waals surface area contributed by atoms with Crippen LogP contribution < -0.4 is 0 Å². The molecule has 2 heterocycles. The summed E-state index contributed by atoms with van der Waals surface area (Å²) in [5.74, 6) is -0.201. The van der Waals surface area contributed by atoms with Crippen molar-refractivity contribution in [1.29, 1.82) is 0 Å². The van der Waals surface area contributed by atoms with Crippen molar-refractivity contribution in [2.45, 2.75) is 84.7 Å². The molecule has 0 radical (unpaired) electrons. The minimum Gasteiger partial charge on any atom is -0.392 e. The molecule has 6 heteroatoms. The van der Waals surface area contributed by atoms with E-state index in [1.807, 2.05) is 18.2 Å². The molecule has 0 spiro atoms. The SMILES string of the molecule is CC(C)c1nc2c(c(-c3ccc(F)cc3)c1C=O)-c1ccccc1CCC2.CC(C)c1nc2c(c(-c3ccc(F)cc3)c1CO)-c1ccccc1CCC2. The average molecular weight is 721 g/mol. The lowest BCUT2D eigenvalue weighted by atomic mass is 9.86. The molecule has 2 aliphatic carbocycles. The van der Waals surface area contributed by atoms with Crippen LogP contribution in [0.15, 0.2) is 97.1 Å². The largest absolute Gasteiger partial charge is 0.392 e. The first-order chi connectivity index (χ1) is 26.2. The van der Waals surface area contributed by atoms with E-state index in [4.69, 9.17) is 9.97 Å². The van der Waals surface area contributed by atoms with Crippen molar-refractivity contribution in [3.05, 3.63) is 154 Å². The van der Waals surface area contributed by atoms with Gasteiger partial charge in [0.2, 0.25) is 0 Å². The number of carbonyl (C=O) groups excluding carboxylic acids is 1. The van der Waals surface area contributed by atoms with Gasteiger partial charge in [0, 0.05) is 44.9 Å². The Morgan fingerprint density at radius 1 is 0.593 bits per heavy atom. The summed E-state index contributed by atoms with van der Waals surface area (Å²) in [5, 5.41) is 10.3. The molecule has 0 aliphatic heterocycles. The van der Waals surface area contributed by atoms with Crippen molar-refractivity contribution < 1.29 is 18.7 Å². The van der Waals surface area contributed by atoms with E-state index in [1.54, 1.807) is 12.1 Å². The van der Waals surface area contributed by atoms with Gasteiger partial charge in [-0.15, -0.1) is 0 Å². The molecule has 4 nitrogen and oxygen atoms in total. The molecule has 0 saturated heterocycles. The van der Waals surface area contributed by atoms with Crippen molar-refractivity contribution >= 4 is 6.29 Å². The molecule has 6 aromatic rings. The highest BCUT2D eigenvalue weighted by molar-refractivity contribution is 5.98. The predicted octanol–water partition coefficient (Wildman–Crippen LogP) is 11.6. The van der Waals surface area contributed by atoms with Crippen LogP contribution in [-0.4, -0.2) is 21.4 Å². The quantitative estimate of drug-likeness (QED) is 0.174. The van der Waals surface area contributed by atoms with Crippen LogP contribution in [0.4, 0.5) is 8.78 Å². The van der Waals surface area contributed by atoms with Crippen LogP contribution in [-0.2, 0) is 32.3 Å². The fourth-order valence-electron chi connectivity index (χ4n) is 8.21. The van der Waals surface area contributed by atoms with Crippen LogP contribution in [0.25, 0.3) is 44.5 Å². The standard InChI is InChI=1S/C24H24FNO.C24H22FNO/c2*1-15(2)24-20(14-27)22(17-10-12-18(25)13-11-17)23-19-8-4-3-6-16(19)7-5-9-21(23)26-24/h3-4,6,8,10-13,15,27H,5,7,9,14H2,1-2H3;3-4,6,8,10-15H,5,7,9H2,1-2H3. The second kappa shape index (κ2) is 16.0. The number of aldehydes is 1. The van der Waals surface area contributed by atoms with Crippen LogP contribution in [0.3, 0.4) is 0 Å². The molecule has 8 rings (SSSR count). The highest BCUT2D eigenvalue weighted by Gasteiger charge is 2.27. The number of hydrogen-bond acceptors (Lipinski definition) is 4. The molecule has 0 fully saturated rings. The first-order valence-electron chi connectivity index (χ1n) is 19.1. The van der Waals surface area contributed by atoms with Gasteiger partial charge in [-0.2, -0.15) is 0 Å². The molecule has 54 heavy (non-hydrogen) atoms. The number of hydrogen-bond donors (Lipinski definition) is 1. The molecule has 0 amide bonds. The van der Waals surface area contributed by atoms with Crippen LogP contribution in [0.1, 0.15) is 102 Å². The van der Waals surface area contributed by atoms with Gasteiger partial charge in [0.1, 0.15) is 11.6 Å². The summed E-state index contributed by atoms with van der Waals surface area (Å²) in [6.45, 7) is 8.24. The van der Waals surface area contributed by atoms with Gasteiger partial charge in [-0.3, -0.25) is 14.8 Å². The van der Waals surface area contributed by atoms with Gasteiger partial charge in [0.25, 0.3) is 0 Å². The number of halogens is 2. The molecule has 274 valence electrons. The Hall–Kier alpha value is -5.33.